The third-order valence-electron chi connectivity index (χ3n) is 16.9. The van der Waals surface area contributed by atoms with Gasteiger partial charge in [0.2, 0.25) is 0 Å². The zero-order valence-corrected chi connectivity index (χ0v) is 25.9. The van der Waals surface area contributed by atoms with Gasteiger partial charge in [0.05, 0.1) is 31.5 Å². The number of carbonyl (C=O) groups is 1. The van der Waals surface area contributed by atoms with Gasteiger partial charge in [0, 0.05) is 27.6 Å². The number of ketones is 1. The van der Waals surface area contributed by atoms with Crippen LogP contribution < -0.4 is 0 Å². The van der Waals surface area contributed by atoms with Crippen LogP contribution in [0.5, 0.6) is 0 Å². The van der Waals surface area contributed by atoms with E-state index in [1.165, 1.54) is 12.0 Å². The van der Waals surface area contributed by atoms with E-state index in [1.807, 2.05) is 6.92 Å². The predicted octanol–water partition coefficient (Wildman–Crippen LogP) is 4.69. The maximum atomic E-state index is 15.1. The summed E-state index contributed by atoms with van der Waals surface area (Å²) in [7, 11) is 0. The summed E-state index contributed by atoms with van der Waals surface area (Å²) in [6, 6.07) is 0. The Bertz CT molecular complexity index is 1210. The standard InChI is InChI=1S/C36H54O6/c1-30-11-5-22-6-13-34-18-27(41)35(21-38,16-15-30)36(22,20-30)25(34)17-23(39)29-32-9-3-4-10-33(29,34)14-7-24(32)31(2,28(42)19-37)26(40)8-12-32/h17,22,24,26-29,37-38,40-42H,3-16,18-21H2,1-2H3/t22-,24+,26-,27-,28+,29+,30-,31-,32-,33+,34+,35-,36+/m0/s1. The van der Waals surface area contributed by atoms with E-state index < -0.39 is 29.1 Å². The molecule has 8 aliphatic rings. The zero-order valence-electron chi connectivity index (χ0n) is 25.9. The molecule has 6 nitrogen and oxygen atoms in total. The van der Waals surface area contributed by atoms with Gasteiger partial charge in [-0.3, -0.25) is 4.79 Å². The Morgan fingerprint density at radius 2 is 1.64 bits per heavy atom. The molecular weight excluding hydrogens is 528 g/mol. The summed E-state index contributed by atoms with van der Waals surface area (Å²) in [5, 5.41) is 56.5. The second-order valence-electron chi connectivity index (χ2n) is 17.5. The normalized spacial score (nSPS) is 58.5. The van der Waals surface area contributed by atoms with Gasteiger partial charge in [-0.2, -0.15) is 0 Å². The Morgan fingerprint density at radius 1 is 0.881 bits per heavy atom. The lowest BCUT2D eigenvalue weighted by Gasteiger charge is -2.79. The average molecular weight is 583 g/mol. The Balaban J connectivity index is 1.37. The molecule has 0 radical (unpaired) electrons. The van der Waals surface area contributed by atoms with Crippen molar-refractivity contribution in [3.63, 3.8) is 0 Å². The van der Waals surface area contributed by atoms with Crippen LogP contribution in [0.15, 0.2) is 11.6 Å². The number of aliphatic hydroxyl groups excluding tert-OH is 5. The molecule has 13 atom stereocenters. The molecule has 0 aromatic rings. The highest BCUT2D eigenvalue weighted by molar-refractivity contribution is 5.96. The molecule has 8 aliphatic carbocycles. The first kappa shape index (κ1) is 28.7. The highest BCUT2D eigenvalue weighted by Crippen LogP contribution is 2.85. The van der Waals surface area contributed by atoms with Crippen molar-refractivity contribution in [2.75, 3.05) is 13.2 Å². The summed E-state index contributed by atoms with van der Waals surface area (Å²) < 4.78 is 0. The van der Waals surface area contributed by atoms with E-state index in [9.17, 15) is 25.5 Å². The van der Waals surface area contributed by atoms with Crippen molar-refractivity contribution in [3.05, 3.63) is 11.6 Å². The molecule has 0 amide bonds. The molecule has 6 heteroatoms. The molecule has 0 aromatic heterocycles. The van der Waals surface area contributed by atoms with Crippen molar-refractivity contribution in [1.82, 2.24) is 0 Å². The molecule has 5 bridgehead atoms. The quantitative estimate of drug-likeness (QED) is 0.330. The SMILES string of the molecule is C[C@]12CC[C@H]3CC[C@@]45C[C@H](O)[C@@](CO)(CC1)[C@@]3(C2)C4=CC(=O)[C@@H]1[C@]23CCCC[C@@]15CC[C@@H]2[C@](C)([C@H](O)CO)[C@@H](O)CC3. The van der Waals surface area contributed by atoms with Gasteiger partial charge >= 0.3 is 0 Å². The predicted molar refractivity (Wildman–Crippen MR) is 158 cm³/mol. The number of fused-ring (bicyclic) bond motifs is 1. The fourth-order valence-electron chi connectivity index (χ4n) is 15.3. The monoisotopic (exact) mass is 582 g/mol. The largest absolute Gasteiger partial charge is 0.396 e. The van der Waals surface area contributed by atoms with Crippen molar-refractivity contribution in [3.8, 4) is 0 Å². The smallest absolute Gasteiger partial charge is 0.159 e. The molecule has 234 valence electrons. The highest BCUT2D eigenvalue weighted by atomic mass is 16.3. The van der Waals surface area contributed by atoms with Gasteiger partial charge in [-0.25, -0.2) is 0 Å². The van der Waals surface area contributed by atoms with E-state index in [2.05, 4.69) is 13.0 Å². The van der Waals surface area contributed by atoms with Crippen LogP contribution in [-0.4, -0.2) is 62.8 Å². The average Bonchev–Trinajstić information content (AvgIpc) is 3.08. The summed E-state index contributed by atoms with van der Waals surface area (Å²) in [6.45, 7) is 4.02. The van der Waals surface area contributed by atoms with E-state index in [4.69, 9.17) is 0 Å². The zero-order chi connectivity index (χ0) is 29.6. The van der Waals surface area contributed by atoms with Gasteiger partial charge in [0.15, 0.2) is 5.78 Å². The Morgan fingerprint density at radius 3 is 2.40 bits per heavy atom. The summed E-state index contributed by atoms with van der Waals surface area (Å²) in [5.74, 6) is 0.472. The summed E-state index contributed by atoms with van der Waals surface area (Å²) >= 11 is 0. The van der Waals surface area contributed by atoms with Crippen LogP contribution in [0.4, 0.5) is 0 Å². The van der Waals surface area contributed by atoms with Gasteiger partial charge in [-0.15, -0.1) is 0 Å². The summed E-state index contributed by atoms with van der Waals surface area (Å²) in [4.78, 5) is 15.1. The van der Waals surface area contributed by atoms with Crippen LogP contribution in [-0.2, 0) is 4.79 Å². The first-order valence-electron chi connectivity index (χ1n) is 17.5. The maximum absolute atomic E-state index is 15.1. The van der Waals surface area contributed by atoms with Crippen molar-refractivity contribution >= 4 is 5.78 Å². The number of rotatable bonds is 3. The number of aliphatic hydroxyl groups is 5. The Hall–Kier alpha value is -0.790. The minimum Gasteiger partial charge on any atom is -0.396 e. The van der Waals surface area contributed by atoms with Gasteiger partial charge in [0.25, 0.3) is 0 Å². The molecule has 0 unspecified atom stereocenters. The van der Waals surface area contributed by atoms with Crippen molar-refractivity contribution in [1.29, 1.82) is 0 Å². The topological polar surface area (TPSA) is 118 Å². The third-order valence-corrected chi connectivity index (χ3v) is 16.9. The fraction of sp³-hybridized carbons (Fsp3) is 0.917. The van der Waals surface area contributed by atoms with Crippen molar-refractivity contribution < 1.29 is 30.3 Å². The van der Waals surface area contributed by atoms with Crippen LogP contribution in [0.1, 0.15) is 117 Å². The molecule has 0 aromatic carbocycles. The van der Waals surface area contributed by atoms with Crippen molar-refractivity contribution in [2.45, 2.75) is 135 Å². The second kappa shape index (κ2) is 8.72. The minimum atomic E-state index is -1.02. The van der Waals surface area contributed by atoms with E-state index in [0.29, 0.717) is 18.8 Å². The third kappa shape index (κ3) is 2.87. The van der Waals surface area contributed by atoms with Crippen LogP contribution in [0.25, 0.3) is 0 Å². The molecule has 0 aliphatic heterocycles. The first-order valence-corrected chi connectivity index (χ1v) is 17.5. The fourth-order valence-corrected chi connectivity index (χ4v) is 15.3. The lowest BCUT2D eigenvalue weighted by Crippen LogP contribution is -2.76. The molecule has 0 saturated heterocycles. The lowest BCUT2D eigenvalue weighted by atomic mass is 9.24. The van der Waals surface area contributed by atoms with Crippen molar-refractivity contribution in [2.24, 2.45) is 55.7 Å². The Kier molecular flexibility index (Phi) is 5.95. The van der Waals surface area contributed by atoms with Crippen LogP contribution in [0.3, 0.4) is 0 Å². The van der Waals surface area contributed by atoms with Crippen LogP contribution in [0, 0.1) is 55.7 Å². The van der Waals surface area contributed by atoms with Gasteiger partial charge in [-0.1, -0.05) is 32.3 Å². The van der Waals surface area contributed by atoms with Crippen LogP contribution in [0.2, 0.25) is 0 Å². The van der Waals surface area contributed by atoms with Crippen LogP contribution >= 0.6 is 0 Å². The van der Waals surface area contributed by atoms with Gasteiger partial charge in [0.1, 0.15) is 0 Å². The molecule has 8 rings (SSSR count). The maximum Gasteiger partial charge on any atom is 0.159 e. The molecule has 2 spiro atoms. The molecule has 7 saturated carbocycles. The molecule has 7 fully saturated rings. The highest BCUT2D eigenvalue weighted by Gasteiger charge is 2.81. The number of hydrogen-bond donors (Lipinski definition) is 5. The number of carbonyl (C=O) groups excluding carboxylic acids is 1. The Labute approximate surface area is 251 Å². The number of hydrogen-bond acceptors (Lipinski definition) is 6. The second-order valence-corrected chi connectivity index (χ2v) is 17.5. The van der Waals surface area contributed by atoms with Gasteiger partial charge in [-0.05, 0) is 124 Å². The molecule has 0 heterocycles. The van der Waals surface area contributed by atoms with E-state index >= 15 is 4.79 Å². The molecular formula is C36H54O6. The molecule has 5 N–H and O–H groups in total. The number of allylic oxidation sites excluding steroid dienone is 2. The lowest BCUT2D eigenvalue weighted by molar-refractivity contribution is -0.282. The summed E-state index contributed by atoms with van der Waals surface area (Å²) in [5.41, 5.74) is -0.962. The van der Waals surface area contributed by atoms with E-state index in [-0.39, 0.29) is 57.9 Å². The first-order chi connectivity index (χ1) is 20.0. The van der Waals surface area contributed by atoms with E-state index in [1.54, 1.807) is 0 Å². The minimum absolute atomic E-state index is 0.0000879. The summed E-state index contributed by atoms with van der Waals surface area (Å²) in [6.07, 6.45) is 15.0. The van der Waals surface area contributed by atoms with Gasteiger partial charge < -0.3 is 25.5 Å². The molecule has 42 heavy (non-hydrogen) atoms. The van der Waals surface area contributed by atoms with E-state index in [0.717, 1.165) is 83.5 Å².